The molecule has 0 aromatic heterocycles. The van der Waals surface area contributed by atoms with Gasteiger partial charge in [-0.25, -0.2) is 4.72 Å². The predicted octanol–water partition coefficient (Wildman–Crippen LogP) is -0.553. The van der Waals surface area contributed by atoms with Crippen molar-refractivity contribution in [2.24, 2.45) is 5.92 Å². The summed E-state index contributed by atoms with van der Waals surface area (Å²) in [5.41, 5.74) is 0. The van der Waals surface area contributed by atoms with Gasteiger partial charge in [-0.05, 0) is 12.8 Å². The van der Waals surface area contributed by atoms with Gasteiger partial charge in [0.15, 0.2) is 0 Å². The predicted molar refractivity (Wildman–Crippen MR) is 51.4 cm³/mol. The van der Waals surface area contributed by atoms with Gasteiger partial charge < -0.3 is 5.11 Å². The summed E-state index contributed by atoms with van der Waals surface area (Å²) < 4.78 is 27.0. The van der Waals surface area contributed by atoms with Crippen LogP contribution in [0.25, 0.3) is 0 Å². The van der Waals surface area contributed by atoms with Crippen LogP contribution in [0, 0.1) is 5.92 Å². The lowest BCUT2D eigenvalue weighted by atomic mass is 10.2. The van der Waals surface area contributed by atoms with Gasteiger partial charge in [0.2, 0.25) is 0 Å². The minimum absolute atomic E-state index is 0.206. The minimum Gasteiger partial charge on any atom is -0.395 e. The van der Waals surface area contributed by atoms with E-state index in [1.54, 1.807) is 6.92 Å². The molecule has 0 fully saturated rings. The van der Waals surface area contributed by atoms with Crippen LogP contribution in [0.1, 0.15) is 20.8 Å². The molecule has 0 spiro atoms. The molecule has 0 heterocycles. The van der Waals surface area contributed by atoms with Crippen LogP contribution in [0.15, 0.2) is 0 Å². The normalized spacial score (nSPS) is 14.8. The van der Waals surface area contributed by atoms with Gasteiger partial charge in [0.25, 0.3) is 10.2 Å². The summed E-state index contributed by atoms with van der Waals surface area (Å²) in [7, 11) is -3.45. The Morgan fingerprint density at radius 1 is 1.31 bits per heavy atom. The molecular formula is C7H18N2O3S. The van der Waals surface area contributed by atoms with Gasteiger partial charge in [-0.1, -0.05) is 13.8 Å². The topological polar surface area (TPSA) is 78.4 Å². The molecule has 0 aliphatic carbocycles. The first-order chi connectivity index (χ1) is 5.87. The number of aliphatic hydroxyl groups excluding tert-OH is 1. The van der Waals surface area contributed by atoms with Crippen LogP contribution in [-0.4, -0.2) is 32.7 Å². The van der Waals surface area contributed by atoms with Crippen molar-refractivity contribution in [1.82, 2.24) is 9.44 Å². The van der Waals surface area contributed by atoms with E-state index in [1.807, 2.05) is 13.8 Å². The Balaban J connectivity index is 3.95. The molecular weight excluding hydrogens is 192 g/mol. The van der Waals surface area contributed by atoms with Crippen molar-refractivity contribution in [2.75, 3.05) is 13.2 Å². The second-order valence-electron chi connectivity index (χ2n) is 3.45. The second kappa shape index (κ2) is 5.54. The van der Waals surface area contributed by atoms with Crippen LogP contribution in [-0.2, 0) is 10.2 Å². The van der Waals surface area contributed by atoms with Gasteiger partial charge in [0.1, 0.15) is 0 Å². The third-order valence-corrected chi connectivity index (χ3v) is 2.57. The molecule has 0 bridgehead atoms. The number of hydrogen-bond donors (Lipinski definition) is 3. The van der Waals surface area contributed by atoms with Gasteiger partial charge >= 0.3 is 0 Å². The largest absolute Gasteiger partial charge is 0.395 e. The van der Waals surface area contributed by atoms with Crippen molar-refractivity contribution in [2.45, 2.75) is 26.8 Å². The van der Waals surface area contributed by atoms with E-state index in [2.05, 4.69) is 9.44 Å². The molecule has 6 heteroatoms. The highest BCUT2D eigenvalue weighted by molar-refractivity contribution is 7.87. The zero-order valence-corrected chi connectivity index (χ0v) is 9.06. The van der Waals surface area contributed by atoms with Crippen LogP contribution < -0.4 is 9.44 Å². The monoisotopic (exact) mass is 210 g/mol. The lowest BCUT2D eigenvalue weighted by molar-refractivity contribution is 0.265. The highest BCUT2D eigenvalue weighted by atomic mass is 32.2. The molecule has 80 valence electrons. The summed E-state index contributed by atoms with van der Waals surface area (Å²) in [5, 5.41) is 8.62. The second-order valence-corrected chi connectivity index (χ2v) is 4.98. The Labute approximate surface area is 79.7 Å². The van der Waals surface area contributed by atoms with Crippen LogP contribution in [0.5, 0.6) is 0 Å². The number of rotatable bonds is 6. The van der Waals surface area contributed by atoms with Crippen molar-refractivity contribution < 1.29 is 13.5 Å². The van der Waals surface area contributed by atoms with Crippen molar-refractivity contribution in [3.8, 4) is 0 Å². The quantitative estimate of drug-likeness (QED) is 0.550. The first kappa shape index (κ1) is 12.8. The van der Waals surface area contributed by atoms with Crippen LogP contribution in [0.4, 0.5) is 0 Å². The third kappa shape index (κ3) is 6.94. The standard InChI is InChI=1S/C7H18N2O3S/c1-6(2)4-8-13(11,12)9-7(3)5-10/h6-10H,4-5H2,1-3H3. The van der Waals surface area contributed by atoms with E-state index in [9.17, 15) is 8.42 Å². The molecule has 0 aliphatic heterocycles. The Kier molecular flexibility index (Phi) is 5.46. The Bertz CT molecular complexity index is 226. The molecule has 0 rings (SSSR count). The third-order valence-electron chi connectivity index (χ3n) is 1.31. The van der Waals surface area contributed by atoms with Crippen molar-refractivity contribution in [3.63, 3.8) is 0 Å². The van der Waals surface area contributed by atoms with Crippen molar-refractivity contribution in [3.05, 3.63) is 0 Å². The fourth-order valence-electron chi connectivity index (χ4n) is 0.620. The first-order valence-electron chi connectivity index (χ1n) is 4.25. The number of nitrogens with one attached hydrogen (secondary N) is 2. The first-order valence-corrected chi connectivity index (χ1v) is 5.73. The lowest BCUT2D eigenvalue weighted by Gasteiger charge is -2.13. The van der Waals surface area contributed by atoms with Crippen molar-refractivity contribution >= 4 is 10.2 Å². The maximum absolute atomic E-state index is 11.2. The maximum Gasteiger partial charge on any atom is 0.277 e. The summed E-state index contributed by atoms with van der Waals surface area (Å²) in [6.45, 7) is 5.61. The van der Waals surface area contributed by atoms with Gasteiger partial charge in [-0.3, -0.25) is 0 Å². The summed E-state index contributed by atoms with van der Waals surface area (Å²) in [6, 6.07) is -0.454. The van der Waals surface area contributed by atoms with Gasteiger partial charge in [-0.2, -0.15) is 13.1 Å². The molecule has 0 aliphatic rings. The lowest BCUT2D eigenvalue weighted by Crippen LogP contribution is -2.43. The van der Waals surface area contributed by atoms with Crippen LogP contribution in [0.3, 0.4) is 0 Å². The average molecular weight is 210 g/mol. The zero-order chi connectivity index (χ0) is 10.5. The summed E-state index contributed by atoms with van der Waals surface area (Å²) in [6.07, 6.45) is 0. The van der Waals surface area contributed by atoms with Crippen LogP contribution >= 0.6 is 0 Å². The van der Waals surface area contributed by atoms with Gasteiger partial charge in [0.05, 0.1) is 6.61 Å². The highest BCUT2D eigenvalue weighted by Crippen LogP contribution is 1.90. The van der Waals surface area contributed by atoms with E-state index in [1.165, 1.54) is 0 Å². The van der Waals surface area contributed by atoms with Gasteiger partial charge in [0, 0.05) is 12.6 Å². The van der Waals surface area contributed by atoms with E-state index < -0.39 is 16.3 Å². The Morgan fingerprint density at radius 2 is 1.85 bits per heavy atom. The molecule has 5 nitrogen and oxygen atoms in total. The molecule has 3 N–H and O–H groups in total. The minimum atomic E-state index is -3.45. The van der Waals surface area contributed by atoms with E-state index in [-0.39, 0.29) is 12.5 Å². The molecule has 0 saturated heterocycles. The maximum atomic E-state index is 11.2. The molecule has 13 heavy (non-hydrogen) atoms. The smallest absolute Gasteiger partial charge is 0.277 e. The zero-order valence-electron chi connectivity index (χ0n) is 8.24. The Morgan fingerprint density at radius 3 is 2.23 bits per heavy atom. The molecule has 0 saturated carbocycles. The molecule has 1 unspecified atom stereocenters. The van der Waals surface area contributed by atoms with E-state index in [4.69, 9.17) is 5.11 Å². The SMILES string of the molecule is CC(C)CNS(=O)(=O)NC(C)CO. The fraction of sp³-hybridized carbons (Fsp3) is 1.00. The van der Waals surface area contributed by atoms with Crippen LogP contribution in [0.2, 0.25) is 0 Å². The van der Waals surface area contributed by atoms with E-state index >= 15 is 0 Å². The number of hydrogen-bond acceptors (Lipinski definition) is 3. The number of aliphatic hydroxyl groups is 1. The summed E-state index contributed by atoms with van der Waals surface area (Å²) >= 11 is 0. The van der Waals surface area contributed by atoms with Crippen molar-refractivity contribution in [1.29, 1.82) is 0 Å². The summed E-state index contributed by atoms with van der Waals surface area (Å²) in [5.74, 6) is 0.265. The molecule has 0 amide bonds. The fourth-order valence-corrected chi connectivity index (χ4v) is 1.86. The molecule has 0 aromatic carbocycles. The molecule has 1 atom stereocenters. The Hall–Kier alpha value is -0.170. The summed E-state index contributed by atoms with van der Waals surface area (Å²) in [4.78, 5) is 0. The highest BCUT2D eigenvalue weighted by Gasteiger charge is 2.12. The van der Waals surface area contributed by atoms with E-state index in [0.717, 1.165) is 0 Å². The van der Waals surface area contributed by atoms with Gasteiger partial charge in [-0.15, -0.1) is 0 Å². The average Bonchev–Trinajstić information content (AvgIpc) is 2.00. The molecule has 0 aromatic rings. The van der Waals surface area contributed by atoms with E-state index in [0.29, 0.717) is 6.54 Å². The molecule has 0 radical (unpaired) electrons.